The SMILES string of the molecule is COCCCc1nc(Nc2cccc(N3C(=O)CCC34CC4)n2)sc1-c1cc2c(c(S(C)(=O)=O)c1)C(=O)N([C@@H](C)C1CC1)C2. The number of anilines is 3. The molecule has 2 aromatic heterocycles. The number of ether oxygens (including phenoxy) is 1. The average Bonchev–Trinajstić information content (AvgIpc) is 3.88. The van der Waals surface area contributed by atoms with Gasteiger partial charge in [-0.25, -0.2) is 18.4 Å². The fourth-order valence-corrected chi connectivity index (χ4v) is 8.69. The standard InChI is InChI=1S/C32H37N5O5S2/c1-19(20-9-10-20)36-18-22-16-21(17-24(44(3,40)41)28(22)30(36)39)29-23(6-5-15-42-2)33-31(43-29)35-25-7-4-8-26(34-25)37-27(38)11-12-32(37)13-14-32/h4,7-8,16-17,19-20H,5-6,9-15,18H2,1-3H3,(H,33,34,35)/t19-/m0/s1. The molecule has 2 aliphatic carbocycles. The Labute approximate surface area is 261 Å². The predicted molar refractivity (Wildman–Crippen MR) is 169 cm³/mol. The summed E-state index contributed by atoms with van der Waals surface area (Å²) in [5, 5.41) is 3.96. The first kappa shape index (κ1) is 29.4. The van der Waals surface area contributed by atoms with Gasteiger partial charge in [0.25, 0.3) is 5.91 Å². The van der Waals surface area contributed by atoms with Crippen LogP contribution in [0.1, 0.15) is 73.5 Å². The molecule has 4 heterocycles. The Kier molecular flexibility index (Phi) is 7.29. The summed E-state index contributed by atoms with van der Waals surface area (Å²) in [5.41, 5.74) is 2.53. The number of hydrogen-bond acceptors (Lipinski definition) is 9. The van der Waals surface area contributed by atoms with Crippen molar-refractivity contribution in [3.8, 4) is 10.4 Å². The molecule has 0 bridgehead atoms. The van der Waals surface area contributed by atoms with Crippen LogP contribution in [-0.4, -0.2) is 66.7 Å². The van der Waals surface area contributed by atoms with Crippen LogP contribution in [0, 0.1) is 5.92 Å². The highest BCUT2D eigenvalue weighted by Gasteiger charge is 2.55. The van der Waals surface area contributed by atoms with Gasteiger partial charge in [-0.1, -0.05) is 17.4 Å². The molecule has 1 atom stereocenters. The molecule has 232 valence electrons. The van der Waals surface area contributed by atoms with Gasteiger partial charge < -0.3 is 15.0 Å². The number of amides is 2. The topological polar surface area (TPSA) is 122 Å². The predicted octanol–water partition coefficient (Wildman–Crippen LogP) is 5.34. The molecule has 2 amide bonds. The van der Waals surface area contributed by atoms with Crippen molar-refractivity contribution in [2.75, 3.05) is 30.2 Å². The van der Waals surface area contributed by atoms with Crippen LogP contribution in [0.4, 0.5) is 16.8 Å². The van der Waals surface area contributed by atoms with Crippen molar-refractivity contribution in [3.05, 3.63) is 47.2 Å². The number of nitrogens with zero attached hydrogens (tertiary/aromatic N) is 4. The molecule has 3 aromatic rings. The molecule has 3 fully saturated rings. The van der Waals surface area contributed by atoms with E-state index in [1.54, 1.807) is 13.2 Å². The van der Waals surface area contributed by atoms with Gasteiger partial charge in [-0.2, -0.15) is 0 Å². The summed E-state index contributed by atoms with van der Waals surface area (Å²) >= 11 is 1.43. The van der Waals surface area contributed by atoms with E-state index >= 15 is 0 Å². The van der Waals surface area contributed by atoms with Crippen molar-refractivity contribution in [2.24, 2.45) is 5.92 Å². The number of nitrogens with one attached hydrogen (secondary N) is 1. The third-order valence-corrected chi connectivity index (χ3v) is 11.7. The summed E-state index contributed by atoms with van der Waals surface area (Å²) in [6.07, 6.45) is 8.20. The van der Waals surface area contributed by atoms with E-state index < -0.39 is 9.84 Å². The summed E-state index contributed by atoms with van der Waals surface area (Å²) in [5.74, 6) is 1.63. The number of thiazole rings is 1. The second-order valence-electron chi connectivity index (χ2n) is 12.6. The fourth-order valence-electron chi connectivity index (χ4n) is 6.75. The van der Waals surface area contributed by atoms with Crippen LogP contribution in [0.2, 0.25) is 0 Å². The van der Waals surface area contributed by atoms with E-state index in [1.807, 2.05) is 34.1 Å². The monoisotopic (exact) mass is 635 g/mol. The summed E-state index contributed by atoms with van der Waals surface area (Å²) in [7, 11) is -2.02. The van der Waals surface area contributed by atoms with E-state index in [-0.39, 0.29) is 28.3 Å². The normalized spacial score (nSPS) is 19.6. The number of sulfone groups is 1. The summed E-state index contributed by atoms with van der Waals surface area (Å²) < 4.78 is 31.4. The number of aromatic nitrogens is 2. The molecule has 0 unspecified atom stereocenters. The third-order valence-electron chi connectivity index (χ3n) is 9.47. The highest BCUT2D eigenvalue weighted by molar-refractivity contribution is 7.90. The van der Waals surface area contributed by atoms with Gasteiger partial charge in [0.05, 0.1) is 21.0 Å². The highest BCUT2D eigenvalue weighted by Crippen LogP contribution is 2.51. The number of methoxy groups -OCH3 is 1. The lowest BCUT2D eigenvalue weighted by Crippen LogP contribution is -2.35. The van der Waals surface area contributed by atoms with Crippen molar-refractivity contribution in [2.45, 2.75) is 81.3 Å². The molecular weight excluding hydrogens is 599 g/mol. The molecule has 10 nitrogen and oxygen atoms in total. The summed E-state index contributed by atoms with van der Waals surface area (Å²) in [6, 6.07) is 9.30. The van der Waals surface area contributed by atoms with Crippen LogP contribution in [-0.2, 0) is 32.3 Å². The van der Waals surface area contributed by atoms with Gasteiger partial charge in [-0.05, 0) is 93.2 Å². The Morgan fingerprint density at radius 2 is 1.95 bits per heavy atom. The molecule has 2 aliphatic heterocycles. The smallest absolute Gasteiger partial charge is 0.256 e. The lowest BCUT2D eigenvalue weighted by molar-refractivity contribution is -0.117. The number of carbonyl (C=O) groups excluding carboxylic acids is 2. The van der Waals surface area contributed by atoms with E-state index in [0.717, 1.165) is 60.2 Å². The molecule has 0 radical (unpaired) electrons. The van der Waals surface area contributed by atoms with Gasteiger partial charge >= 0.3 is 0 Å². The van der Waals surface area contributed by atoms with Gasteiger partial charge in [0.1, 0.15) is 11.6 Å². The summed E-state index contributed by atoms with van der Waals surface area (Å²) in [4.78, 5) is 40.5. The van der Waals surface area contributed by atoms with Gasteiger partial charge in [-0.15, -0.1) is 0 Å². The molecule has 2 saturated carbocycles. The lowest BCUT2D eigenvalue weighted by atomic mass is 10.0. The van der Waals surface area contributed by atoms with Gasteiger partial charge in [0.2, 0.25) is 5.91 Å². The molecule has 12 heteroatoms. The van der Waals surface area contributed by atoms with Crippen LogP contribution in [0.5, 0.6) is 0 Å². The molecular formula is C32H37N5O5S2. The van der Waals surface area contributed by atoms with Crippen molar-refractivity contribution in [1.82, 2.24) is 14.9 Å². The molecule has 1 saturated heterocycles. The molecule has 44 heavy (non-hydrogen) atoms. The number of carbonyl (C=O) groups is 2. The maximum Gasteiger partial charge on any atom is 0.256 e. The number of aryl methyl sites for hydroxylation is 1. The zero-order valence-electron chi connectivity index (χ0n) is 25.3. The highest BCUT2D eigenvalue weighted by atomic mass is 32.2. The maximum atomic E-state index is 13.5. The Morgan fingerprint density at radius 1 is 1.16 bits per heavy atom. The molecule has 1 spiro atoms. The van der Waals surface area contributed by atoms with E-state index in [4.69, 9.17) is 14.7 Å². The molecule has 1 N–H and O–H groups in total. The second kappa shape index (κ2) is 10.9. The van der Waals surface area contributed by atoms with Gasteiger partial charge in [0, 0.05) is 44.5 Å². The van der Waals surface area contributed by atoms with Crippen LogP contribution >= 0.6 is 11.3 Å². The minimum atomic E-state index is -3.68. The van der Waals surface area contributed by atoms with Crippen molar-refractivity contribution in [3.63, 3.8) is 0 Å². The first-order valence-electron chi connectivity index (χ1n) is 15.3. The third kappa shape index (κ3) is 5.30. The molecule has 4 aliphatic rings. The van der Waals surface area contributed by atoms with Crippen molar-refractivity contribution >= 4 is 49.8 Å². The average molecular weight is 636 g/mol. The number of pyridine rings is 1. The lowest BCUT2D eigenvalue weighted by Gasteiger charge is -2.24. The Balaban J connectivity index is 1.24. The Morgan fingerprint density at radius 3 is 2.66 bits per heavy atom. The second-order valence-corrected chi connectivity index (χ2v) is 15.6. The minimum Gasteiger partial charge on any atom is -0.385 e. The summed E-state index contributed by atoms with van der Waals surface area (Å²) in [6.45, 7) is 3.03. The van der Waals surface area contributed by atoms with Crippen LogP contribution in [0.3, 0.4) is 0 Å². The van der Waals surface area contributed by atoms with E-state index in [0.29, 0.717) is 54.2 Å². The zero-order chi connectivity index (χ0) is 30.8. The van der Waals surface area contributed by atoms with E-state index in [1.165, 1.54) is 17.6 Å². The van der Waals surface area contributed by atoms with Gasteiger partial charge in [0.15, 0.2) is 15.0 Å². The first-order chi connectivity index (χ1) is 21.1. The van der Waals surface area contributed by atoms with E-state index in [9.17, 15) is 18.0 Å². The van der Waals surface area contributed by atoms with Crippen molar-refractivity contribution < 1.29 is 22.7 Å². The molecule has 1 aromatic carbocycles. The maximum absolute atomic E-state index is 13.5. The zero-order valence-corrected chi connectivity index (χ0v) is 26.9. The first-order valence-corrected chi connectivity index (χ1v) is 18.0. The number of fused-ring (bicyclic) bond motifs is 1. The number of benzene rings is 1. The van der Waals surface area contributed by atoms with Crippen LogP contribution in [0.25, 0.3) is 10.4 Å². The Hall–Kier alpha value is -3.35. The van der Waals surface area contributed by atoms with E-state index in [2.05, 4.69) is 12.2 Å². The number of hydrogen-bond donors (Lipinski definition) is 1. The largest absolute Gasteiger partial charge is 0.385 e. The van der Waals surface area contributed by atoms with Crippen molar-refractivity contribution in [1.29, 1.82) is 0 Å². The van der Waals surface area contributed by atoms with Crippen LogP contribution in [0.15, 0.2) is 35.2 Å². The fraction of sp³-hybridized carbons (Fsp3) is 0.500. The number of rotatable bonds is 11. The molecule has 7 rings (SSSR count). The minimum absolute atomic E-state index is 0.0656. The van der Waals surface area contributed by atoms with Crippen LogP contribution < -0.4 is 10.2 Å². The quantitative estimate of drug-likeness (QED) is 0.280. The van der Waals surface area contributed by atoms with Gasteiger partial charge in [-0.3, -0.25) is 14.5 Å². The Bertz CT molecular complexity index is 1760.